The molecule has 0 unspecified atom stereocenters. The summed E-state index contributed by atoms with van der Waals surface area (Å²) in [6.45, 7) is 8.46. The van der Waals surface area contributed by atoms with Crippen molar-refractivity contribution in [3.05, 3.63) is 21.7 Å². The summed E-state index contributed by atoms with van der Waals surface area (Å²) in [6, 6.07) is 0. The quantitative estimate of drug-likeness (QED) is 0.612. The fourth-order valence-electron chi connectivity index (χ4n) is 1.91. The number of thiazole rings is 1. The zero-order valence-corrected chi connectivity index (χ0v) is 14.7. The van der Waals surface area contributed by atoms with Crippen LogP contribution in [0.1, 0.15) is 21.7 Å². The van der Waals surface area contributed by atoms with Gasteiger partial charge < -0.3 is 0 Å². The maximum atomic E-state index is 4.46. The van der Waals surface area contributed by atoms with Gasteiger partial charge in [0.2, 0.25) is 0 Å². The highest BCUT2D eigenvalue weighted by atomic mass is 32.1. The maximum Gasteiger partial charge on any atom is 0.337 e. The Morgan fingerprint density at radius 3 is 1.95 bits per heavy atom. The average molecular weight is 309 g/mol. The van der Waals surface area contributed by atoms with Crippen LogP contribution in [-0.4, -0.2) is 14.1 Å². The second kappa shape index (κ2) is 5.61. The standard InChI is InChI=1S/C14H21N4S2/c1-8-9(2)12(19-11(8)4)15-16-13-10(3)18(7)14(20-13)17(5)6/h1-7H3/q+1. The Bertz CT molecular complexity index is 665. The molecule has 6 heteroatoms. The Balaban J connectivity index is 2.37. The first-order valence-corrected chi connectivity index (χ1v) is 8.11. The highest BCUT2D eigenvalue weighted by molar-refractivity contribution is 7.19. The van der Waals surface area contributed by atoms with E-state index >= 15 is 0 Å². The van der Waals surface area contributed by atoms with E-state index in [1.54, 1.807) is 22.7 Å². The second-order valence-corrected chi connectivity index (χ2v) is 7.30. The van der Waals surface area contributed by atoms with Crippen molar-refractivity contribution in [1.82, 2.24) is 0 Å². The van der Waals surface area contributed by atoms with Crippen molar-refractivity contribution >= 4 is 37.8 Å². The molecule has 2 aromatic rings. The number of rotatable bonds is 3. The Hall–Kier alpha value is -1.27. The van der Waals surface area contributed by atoms with Crippen molar-refractivity contribution in [2.75, 3.05) is 19.0 Å². The number of nitrogens with zero attached hydrogens (tertiary/aromatic N) is 4. The third kappa shape index (κ3) is 2.62. The number of aryl methyl sites for hydroxylation is 1. The molecule has 108 valence electrons. The van der Waals surface area contributed by atoms with Crippen molar-refractivity contribution in [3.8, 4) is 0 Å². The van der Waals surface area contributed by atoms with Gasteiger partial charge in [-0.3, -0.25) is 4.90 Å². The largest absolute Gasteiger partial charge is 0.337 e. The van der Waals surface area contributed by atoms with Crippen LogP contribution in [0.15, 0.2) is 10.2 Å². The van der Waals surface area contributed by atoms with Crippen LogP contribution in [0.5, 0.6) is 0 Å². The van der Waals surface area contributed by atoms with Crippen LogP contribution in [-0.2, 0) is 7.05 Å². The van der Waals surface area contributed by atoms with Crippen LogP contribution in [0.4, 0.5) is 15.1 Å². The van der Waals surface area contributed by atoms with E-state index in [9.17, 15) is 0 Å². The topological polar surface area (TPSA) is 31.8 Å². The molecular formula is C14H21N4S2+. The molecule has 0 fully saturated rings. The number of azo groups is 1. The van der Waals surface area contributed by atoms with Crippen molar-refractivity contribution in [1.29, 1.82) is 0 Å². The number of hydrogen-bond donors (Lipinski definition) is 0. The Labute approximate surface area is 128 Å². The summed E-state index contributed by atoms with van der Waals surface area (Å²) in [4.78, 5) is 3.42. The lowest BCUT2D eigenvalue weighted by atomic mass is 10.2. The van der Waals surface area contributed by atoms with Gasteiger partial charge in [-0.15, -0.1) is 21.6 Å². The molecule has 0 saturated heterocycles. The molecule has 0 radical (unpaired) electrons. The normalized spacial score (nSPS) is 11.6. The highest BCUT2D eigenvalue weighted by Crippen LogP contribution is 2.37. The van der Waals surface area contributed by atoms with Gasteiger partial charge in [0.05, 0.1) is 21.1 Å². The van der Waals surface area contributed by atoms with Crippen molar-refractivity contribution < 1.29 is 4.57 Å². The molecule has 2 heterocycles. The third-order valence-electron chi connectivity index (χ3n) is 3.56. The number of thiophene rings is 1. The summed E-state index contributed by atoms with van der Waals surface area (Å²) in [5, 5.41) is 12.1. The first-order chi connectivity index (χ1) is 9.32. The predicted octanol–water partition coefficient (Wildman–Crippen LogP) is 4.35. The molecule has 0 aliphatic rings. The summed E-state index contributed by atoms with van der Waals surface area (Å²) in [5.41, 5.74) is 3.71. The molecule has 0 amide bonds. The monoisotopic (exact) mass is 309 g/mol. The summed E-state index contributed by atoms with van der Waals surface area (Å²) in [6.07, 6.45) is 0. The van der Waals surface area contributed by atoms with E-state index in [-0.39, 0.29) is 0 Å². The highest BCUT2D eigenvalue weighted by Gasteiger charge is 2.19. The number of anilines is 1. The third-order valence-corrected chi connectivity index (χ3v) is 6.15. The van der Waals surface area contributed by atoms with E-state index < -0.39 is 0 Å². The molecule has 0 saturated carbocycles. The Kier molecular flexibility index (Phi) is 4.25. The molecule has 0 aliphatic carbocycles. The zero-order chi connectivity index (χ0) is 15.0. The second-order valence-electron chi connectivity index (χ2n) is 5.14. The maximum absolute atomic E-state index is 4.46. The molecule has 4 nitrogen and oxygen atoms in total. The Morgan fingerprint density at radius 1 is 0.900 bits per heavy atom. The van der Waals surface area contributed by atoms with E-state index in [1.165, 1.54) is 21.1 Å². The Morgan fingerprint density at radius 2 is 1.50 bits per heavy atom. The molecule has 0 N–H and O–H groups in total. The molecule has 0 bridgehead atoms. The lowest BCUT2D eigenvalue weighted by Gasteiger charge is -2.01. The molecule has 2 aromatic heterocycles. The van der Waals surface area contributed by atoms with Crippen LogP contribution in [0.2, 0.25) is 0 Å². The SMILES string of the molecule is Cc1sc(N=Nc2sc(N(C)C)[n+](C)c2C)c(C)c1C. The summed E-state index contributed by atoms with van der Waals surface area (Å²) in [5.74, 6) is 0. The molecule has 0 aromatic carbocycles. The minimum absolute atomic E-state index is 0.972. The molecule has 0 spiro atoms. The minimum Gasteiger partial charge on any atom is -0.258 e. The summed E-state index contributed by atoms with van der Waals surface area (Å²) < 4.78 is 2.15. The van der Waals surface area contributed by atoms with Crippen LogP contribution in [0, 0.1) is 27.7 Å². The molecular weight excluding hydrogens is 288 g/mol. The first-order valence-electron chi connectivity index (χ1n) is 6.48. The van der Waals surface area contributed by atoms with Crippen LogP contribution in [0.25, 0.3) is 0 Å². The van der Waals surface area contributed by atoms with Crippen molar-refractivity contribution in [2.45, 2.75) is 27.7 Å². The zero-order valence-electron chi connectivity index (χ0n) is 13.1. The number of hydrogen-bond acceptors (Lipinski definition) is 5. The van der Waals surface area contributed by atoms with Gasteiger partial charge in [-0.05, 0) is 43.2 Å². The molecule has 20 heavy (non-hydrogen) atoms. The predicted molar refractivity (Wildman–Crippen MR) is 87.3 cm³/mol. The van der Waals surface area contributed by atoms with Gasteiger partial charge in [0.25, 0.3) is 0 Å². The van der Waals surface area contributed by atoms with Crippen molar-refractivity contribution in [3.63, 3.8) is 0 Å². The van der Waals surface area contributed by atoms with E-state index in [2.05, 4.69) is 54.4 Å². The van der Waals surface area contributed by atoms with Gasteiger partial charge in [0, 0.05) is 11.8 Å². The number of aromatic nitrogens is 1. The summed E-state index contributed by atoms with van der Waals surface area (Å²) in [7, 11) is 6.15. The van der Waals surface area contributed by atoms with Gasteiger partial charge in [0.15, 0.2) is 5.00 Å². The smallest absolute Gasteiger partial charge is 0.258 e. The average Bonchev–Trinajstić information content (AvgIpc) is 2.81. The van der Waals surface area contributed by atoms with Gasteiger partial charge in [-0.2, -0.15) is 0 Å². The van der Waals surface area contributed by atoms with Crippen molar-refractivity contribution in [2.24, 2.45) is 17.3 Å². The van der Waals surface area contributed by atoms with Crippen LogP contribution >= 0.6 is 22.7 Å². The molecule has 0 atom stereocenters. The van der Waals surface area contributed by atoms with Gasteiger partial charge in [0.1, 0.15) is 10.7 Å². The van der Waals surface area contributed by atoms with E-state index in [1.807, 2.05) is 14.1 Å². The van der Waals surface area contributed by atoms with Crippen LogP contribution < -0.4 is 9.47 Å². The van der Waals surface area contributed by atoms with Gasteiger partial charge in [-0.1, -0.05) is 0 Å². The lowest BCUT2D eigenvalue weighted by Crippen LogP contribution is -2.35. The molecule has 2 rings (SSSR count). The lowest BCUT2D eigenvalue weighted by molar-refractivity contribution is -0.660. The minimum atomic E-state index is 0.972. The van der Waals surface area contributed by atoms with E-state index in [0.717, 1.165) is 15.7 Å². The fraction of sp³-hybridized carbons (Fsp3) is 0.500. The van der Waals surface area contributed by atoms with Gasteiger partial charge in [-0.25, -0.2) is 4.57 Å². The van der Waals surface area contributed by atoms with E-state index in [4.69, 9.17) is 0 Å². The van der Waals surface area contributed by atoms with Crippen LogP contribution in [0.3, 0.4) is 0 Å². The first kappa shape index (κ1) is 15.1. The summed E-state index contributed by atoms with van der Waals surface area (Å²) >= 11 is 3.37. The fourth-order valence-corrected chi connectivity index (χ4v) is 3.89. The molecule has 0 aliphatic heterocycles. The van der Waals surface area contributed by atoms with Gasteiger partial charge >= 0.3 is 5.13 Å². The van der Waals surface area contributed by atoms with E-state index in [0.29, 0.717) is 0 Å².